The second-order valence-electron chi connectivity index (χ2n) is 5.41. The number of aromatic amines is 1. The van der Waals surface area contributed by atoms with Crippen LogP contribution in [0.2, 0.25) is 0 Å². The summed E-state index contributed by atoms with van der Waals surface area (Å²) in [7, 11) is 0. The van der Waals surface area contributed by atoms with Gasteiger partial charge in [-0.25, -0.2) is 9.97 Å². The van der Waals surface area contributed by atoms with Crippen LogP contribution in [0.4, 0.5) is 11.8 Å². The highest BCUT2D eigenvalue weighted by atomic mass is 16.5. The fourth-order valence-corrected chi connectivity index (χ4v) is 2.70. The zero-order chi connectivity index (χ0) is 15.8. The molecule has 8 heteroatoms. The lowest BCUT2D eigenvalue weighted by molar-refractivity contribution is 0.142. The Balaban J connectivity index is 1.83. The molecule has 0 aliphatic carbocycles. The van der Waals surface area contributed by atoms with Crippen LogP contribution in [0.5, 0.6) is 5.75 Å². The number of nitrogens with two attached hydrogens (primary N) is 2. The molecule has 1 atom stereocenters. The molecule has 0 spiro atoms. The van der Waals surface area contributed by atoms with Crippen molar-refractivity contribution in [3.05, 3.63) is 24.4 Å². The number of ether oxygens (including phenoxy) is 2. The normalized spacial score (nSPS) is 17.7. The molecular weight excluding hydrogens is 296 g/mol. The van der Waals surface area contributed by atoms with E-state index < -0.39 is 0 Å². The molecule has 0 bridgehead atoms. The molecule has 1 unspecified atom stereocenters. The van der Waals surface area contributed by atoms with Crippen molar-refractivity contribution in [3.8, 4) is 17.0 Å². The van der Waals surface area contributed by atoms with Crippen molar-refractivity contribution in [2.45, 2.75) is 12.5 Å². The number of nitrogens with zero attached hydrogens (tertiary/aromatic N) is 3. The van der Waals surface area contributed by atoms with Gasteiger partial charge in [0.1, 0.15) is 11.9 Å². The molecule has 8 nitrogen and oxygen atoms in total. The van der Waals surface area contributed by atoms with Gasteiger partial charge in [-0.2, -0.15) is 5.10 Å². The highest BCUT2D eigenvalue weighted by Crippen LogP contribution is 2.35. The number of nitrogen functional groups attached to an aromatic ring is 2. The molecule has 3 heterocycles. The Morgan fingerprint density at radius 3 is 3.00 bits per heavy atom. The predicted octanol–water partition coefficient (Wildman–Crippen LogP) is 1.35. The molecule has 5 N–H and O–H groups in total. The Bertz CT molecular complexity index is 856. The first-order chi connectivity index (χ1) is 11.2. The second-order valence-corrected chi connectivity index (χ2v) is 5.41. The number of anilines is 2. The van der Waals surface area contributed by atoms with E-state index in [2.05, 4.69) is 20.2 Å². The Labute approximate surface area is 131 Å². The molecule has 23 heavy (non-hydrogen) atoms. The Morgan fingerprint density at radius 2 is 2.22 bits per heavy atom. The minimum atomic E-state index is 0.0122. The zero-order valence-corrected chi connectivity index (χ0v) is 12.3. The highest BCUT2D eigenvalue weighted by Gasteiger charge is 2.21. The van der Waals surface area contributed by atoms with E-state index in [9.17, 15) is 0 Å². The van der Waals surface area contributed by atoms with Crippen LogP contribution in [0.1, 0.15) is 6.42 Å². The number of fused-ring (bicyclic) bond motifs is 1. The number of benzene rings is 1. The van der Waals surface area contributed by atoms with E-state index in [0.29, 0.717) is 30.5 Å². The standard InChI is InChI=1S/C15H16N6O2/c16-14-13-11(20-21-14)5-8(10-1-3-18-15(17)19-10)6-12(13)23-9-2-4-22-7-9/h1,3,5-6,9H,2,4,7H2,(H3,16,20,21)(H2,17,18,19). The molecule has 4 rings (SSSR count). The van der Waals surface area contributed by atoms with Crippen LogP contribution < -0.4 is 16.2 Å². The number of aromatic nitrogens is 4. The quantitative estimate of drug-likeness (QED) is 0.666. The van der Waals surface area contributed by atoms with Crippen LogP contribution in [-0.4, -0.2) is 39.5 Å². The molecule has 0 radical (unpaired) electrons. The van der Waals surface area contributed by atoms with Gasteiger partial charge in [-0.1, -0.05) is 0 Å². The van der Waals surface area contributed by atoms with Gasteiger partial charge >= 0.3 is 0 Å². The third-order valence-corrected chi connectivity index (χ3v) is 3.81. The summed E-state index contributed by atoms with van der Waals surface area (Å²) in [6, 6.07) is 5.60. The summed E-state index contributed by atoms with van der Waals surface area (Å²) in [5, 5.41) is 7.75. The van der Waals surface area contributed by atoms with Crippen molar-refractivity contribution in [1.29, 1.82) is 0 Å². The van der Waals surface area contributed by atoms with E-state index in [1.165, 1.54) is 0 Å². The fourth-order valence-electron chi connectivity index (χ4n) is 2.70. The van der Waals surface area contributed by atoms with Gasteiger partial charge in [0.15, 0.2) is 5.82 Å². The van der Waals surface area contributed by atoms with Crippen LogP contribution in [0, 0.1) is 0 Å². The molecule has 118 valence electrons. The molecule has 1 aliphatic heterocycles. The van der Waals surface area contributed by atoms with E-state index in [0.717, 1.165) is 22.9 Å². The van der Waals surface area contributed by atoms with Gasteiger partial charge in [0.25, 0.3) is 0 Å². The average Bonchev–Trinajstić information content (AvgIpc) is 3.17. The van der Waals surface area contributed by atoms with Crippen molar-refractivity contribution in [3.63, 3.8) is 0 Å². The molecule has 1 aliphatic rings. The predicted molar refractivity (Wildman–Crippen MR) is 85.8 cm³/mol. The second kappa shape index (κ2) is 5.40. The average molecular weight is 312 g/mol. The molecule has 1 aromatic carbocycles. The summed E-state index contributed by atoms with van der Waals surface area (Å²) in [6.45, 7) is 1.28. The maximum Gasteiger partial charge on any atom is 0.220 e. The van der Waals surface area contributed by atoms with Gasteiger partial charge in [-0.15, -0.1) is 0 Å². The van der Waals surface area contributed by atoms with Gasteiger partial charge in [-0.05, 0) is 18.2 Å². The topological polar surface area (TPSA) is 125 Å². The van der Waals surface area contributed by atoms with Gasteiger partial charge in [0, 0.05) is 18.2 Å². The number of hydrogen-bond donors (Lipinski definition) is 3. The highest BCUT2D eigenvalue weighted by molar-refractivity contribution is 5.97. The van der Waals surface area contributed by atoms with Gasteiger partial charge in [-0.3, -0.25) is 5.10 Å². The molecule has 0 amide bonds. The van der Waals surface area contributed by atoms with Crippen molar-refractivity contribution in [2.75, 3.05) is 24.7 Å². The first-order valence-corrected chi connectivity index (χ1v) is 7.31. The van der Waals surface area contributed by atoms with Gasteiger partial charge < -0.3 is 20.9 Å². The SMILES string of the molecule is Nc1nccc(-c2cc(OC3CCOC3)c3c(N)n[nH]c3c2)n1. The molecule has 1 saturated heterocycles. The van der Waals surface area contributed by atoms with E-state index >= 15 is 0 Å². The van der Waals surface area contributed by atoms with E-state index in [4.69, 9.17) is 20.9 Å². The van der Waals surface area contributed by atoms with E-state index in [1.54, 1.807) is 12.3 Å². The number of rotatable bonds is 3. The van der Waals surface area contributed by atoms with Crippen LogP contribution in [0.15, 0.2) is 24.4 Å². The lowest BCUT2D eigenvalue weighted by atomic mass is 10.1. The molecule has 3 aromatic rings. The summed E-state index contributed by atoms with van der Waals surface area (Å²) in [5.74, 6) is 1.29. The minimum absolute atomic E-state index is 0.0122. The van der Waals surface area contributed by atoms with Crippen molar-refractivity contribution in [2.24, 2.45) is 0 Å². The summed E-state index contributed by atoms with van der Waals surface area (Å²) < 4.78 is 11.4. The summed E-state index contributed by atoms with van der Waals surface area (Å²) >= 11 is 0. The maximum absolute atomic E-state index is 6.08. The largest absolute Gasteiger partial charge is 0.487 e. The Hall–Kier alpha value is -2.87. The van der Waals surface area contributed by atoms with E-state index in [-0.39, 0.29) is 12.1 Å². The molecule has 0 saturated carbocycles. The van der Waals surface area contributed by atoms with Crippen LogP contribution in [0.3, 0.4) is 0 Å². The van der Waals surface area contributed by atoms with Gasteiger partial charge in [0.2, 0.25) is 5.95 Å². The number of H-pyrrole nitrogens is 1. The summed E-state index contributed by atoms with van der Waals surface area (Å²) in [4.78, 5) is 8.17. The van der Waals surface area contributed by atoms with Crippen LogP contribution >= 0.6 is 0 Å². The Kier molecular flexibility index (Phi) is 3.23. The van der Waals surface area contributed by atoms with Crippen molar-refractivity contribution in [1.82, 2.24) is 20.2 Å². The van der Waals surface area contributed by atoms with Crippen molar-refractivity contribution >= 4 is 22.7 Å². The fraction of sp³-hybridized carbons (Fsp3) is 0.267. The van der Waals surface area contributed by atoms with Crippen molar-refractivity contribution < 1.29 is 9.47 Å². The smallest absolute Gasteiger partial charge is 0.220 e. The first kappa shape index (κ1) is 13.8. The molecular formula is C15H16N6O2. The lowest BCUT2D eigenvalue weighted by Gasteiger charge is -2.14. The Morgan fingerprint density at radius 1 is 1.30 bits per heavy atom. The monoisotopic (exact) mass is 312 g/mol. The lowest BCUT2D eigenvalue weighted by Crippen LogP contribution is -2.16. The zero-order valence-electron chi connectivity index (χ0n) is 12.3. The third kappa shape index (κ3) is 2.53. The maximum atomic E-state index is 6.08. The summed E-state index contributed by atoms with van der Waals surface area (Å²) in [6.07, 6.45) is 2.48. The van der Waals surface area contributed by atoms with E-state index in [1.807, 2.05) is 12.1 Å². The number of nitrogens with one attached hydrogen (secondary N) is 1. The molecule has 2 aromatic heterocycles. The minimum Gasteiger partial charge on any atom is -0.487 e. The van der Waals surface area contributed by atoms with Gasteiger partial charge in [0.05, 0.1) is 29.8 Å². The van der Waals surface area contributed by atoms with Crippen LogP contribution in [-0.2, 0) is 4.74 Å². The van der Waals surface area contributed by atoms with Crippen LogP contribution in [0.25, 0.3) is 22.2 Å². The third-order valence-electron chi connectivity index (χ3n) is 3.81. The first-order valence-electron chi connectivity index (χ1n) is 7.31. The molecule has 1 fully saturated rings. The number of hydrogen-bond acceptors (Lipinski definition) is 7. The summed E-state index contributed by atoms with van der Waals surface area (Å²) in [5.41, 5.74) is 14.0.